The lowest BCUT2D eigenvalue weighted by molar-refractivity contribution is -0.135. The van der Waals surface area contributed by atoms with Crippen molar-refractivity contribution in [2.24, 2.45) is 5.18 Å². The minimum atomic E-state index is -0.886. The normalized spacial score (nSPS) is 18.8. The van der Waals surface area contributed by atoms with Gasteiger partial charge in [0.1, 0.15) is 11.7 Å². The summed E-state index contributed by atoms with van der Waals surface area (Å²) >= 11 is 0. The van der Waals surface area contributed by atoms with E-state index in [1.807, 2.05) is 0 Å². The van der Waals surface area contributed by atoms with Crippen LogP contribution in [-0.2, 0) is 9.59 Å². The molecular formula is C13H11N3O5. The third-order valence-electron chi connectivity index (χ3n) is 3.57. The number of benzene rings is 1. The summed E-state index contributed by atoms with van der Waals surface area (Å²) in [4.78, 5) is 33.6. The van der Waals surface area contributed by atoms with Crippen molar-refractivity contribution >= 4 is 28.3 Å². The largest absolute Gasteiger partial charge is 0.494 e. The van der Waals surface area contributed by atoms with Crippen LogP contribution in [0.3, 0.4) is 0 Å². The zero-order chi connectivity index (χ0) is 15.1. The average Bonchev–Trinajstić information content (AvgIpc) is 2.71. The summed E-state index contributed by atoms with van der Waals surface area (Å²) in [6.45, 7) is 0. The van der Waals surface area contributed by atoms with E-state index in [0.29, 0.717) is 5.39 Å². The molecule has 21 heavy (non-hydrogen) atoms. The van der Waals surface area contributed by atoms with Gasteiger partial charge in [0.05, 0.1) is 0 Å². The maximum Gasteiger partial charge on any atom is 0.249 e. The molecule has 0 saturated carbocycles. The van der Waals surface area contributed by atoms with E-state index in [0.717, 1.165) is 4.57 Å². The smallest absolute Gasteiger partial charge is 0.249 e. The highest BCUT2D eigenvalue weighted by Crippen LogP contribution is 2.41. The van der Waals surface area contributed by atoms with Crippen molar-refractivity contribution in [2.45, 2.75) is 18.9 Å². The van der Waals surface area contributed by atoms with Gasteiger partial charge in [0.15, 0.2) is 0 Å². The predicted octanol–water partition coefficient (Wildman–Crippen LogP) is 1.43. The number of nitrogens with zero attached hydrogens (tertiary/aromatic N) is 2. The predicted molar refractivity (Wildman–Crippen MR) is 72.1 cm³/mol. The Balaban J connectivity index is 2.16. The third kappa shape index (κ3) is 1.92. The van der Waals surface area contributed by atoms with Gasteiger partial charge in [0.25, 0.3) is 0 Å². The number of fused-ring (bicyclic) bond motifs is 1. The minimum Gasteiger partial charge on any atom is -0.494 e. The van der Waals surface area contributed by atoms with Gasteiger partial charge in [-0.25, -0.2) is 0 Å². The number of aromatic hydroxyl groups is 2. The van der Waals surface area contributed by atoms with Crippen LogP contribution < -0.4 is 5.32 Å². The fraction of sp³-hybridized carbons (Fsp3) is 0.231. The quantitative estimate of drug-likeness (QED) is 0.570. The van der Waals surface area contributed by atoms with Crippen LogP contribution >= 0.6 is 0 Å². The van der Waals surface area contributed by atoms with Crippen molar-refractivity contribution in [3.8, 4) is 11.8 Å². The number of hydrogen-bond acceptors (Lipinski definition) is 6. The number of carbonyl (C=O) groups is 2. The number of aromatic nitrogens is 1. The molecule has 1 aliphatic heterocycles. The summed E-state index contributed by atoms with van der Waals surface area (Å²) in [6, 6.07) is 3.26. The van der Waals surface area contributed by atoms with Crippen LogP contribution in [0.4, 0.5) is 5.69 Å². The van der Waals surface area contributed by atoms with E-state index in [4.69, 9.17) is 0 Å². The van der Waals surface area contributed by atoms with Gasteiger partial charge in [0.2, 0.25) is 23.6 Å². The molecule has 1 unspecified atom stereocenters. The molecule has 2 heterocycles. The van der Waals surface area contributed by atoms with Crippen molar-refractivity contribution < 1.29 is 19.8 Å². The van der Waals surface area contributed by atoms with Crippen molar-refractivity contribution in [1.29, 1.82) is 0 Å². The van der Waals surface area contributed by atoms with Crippen LogP contribution in [0.1, 0.15) is 18.9 Å². The number of imide groups is 1. The highest BCUT2D eigenvalue weighted by atomic mass is 16.3. The molecule has 1 fully saturated rings. The molecule has 3 N–H and O–H groups in total. The number of nitrogens with one attached hydrogen (secondary N) is 1. The van der Waals surface area contributed by atoms with Gasteiger partial charge in [-0.1, -0.05) is 0 Å². The van der Waals surface area contributed by atoms with Gasteiger partial charge in [-0.3, -0.25) is 19.5 Å². The van der Waals surface area contributed by atoms with Crippen LogP contribution in [-0.4, -0.2) is 26.6 Å². The molecule has 108 valence electrons. The van der Waals surface area contributed by atoms with E-state index in [-0.39, 0.29) is 41.6 Å². The van der Waals surface area contributed by atoms with Crippen molar-refractivity contribution in [2.75, 3.05) is 0 Å². The topological polar surface area (TPSA) is 121 Å². The zero-order valence-electron chi connectivity index (χ0n) is 10.7. The monoisotopic (exact) mass is 289 g/mol. The summed E-state index contributed by atoms with van der Waals surface area (Å²) < 4.78 is 1.06. The lowest BCUT2D eigenvalue weighted by atomic mass is 10.1. The number of rotatable bonds is 2. The molecule has 1 atom stereocenters. The van der Waals surface area contributed by atoms with Gasteiger partial charge in [0, 0.05) is 17.2 Å². The number of carbonyl (C=O) groups excluding carboxylic acids is 2. The van der Waals surface area contributed by atoms with E-state index in [1.54, 1.807) is 0 Å². The number of piperidine rings is 1. The molecule has 2 aromatic rings. The summed E-state index contributed by atoms with van der Waals surface area (Å²) in [5.74, 6) is -1.62. The fourth-order valence-electron chi connectivity index (χ4n) is 2.55. The molecule has 0 radical (unpaired) electrons. The lowest BCUT2D eigenvalue weighted by Crippen LogP contribution is -2.41. The molecule has 0 spiro atoms. The number of amides is 2. The Morgan fingerprint density at radius 2 is 1.90 bits per heavy atom. The molecule has 0 aliphatic carbocycles. The molecule has 1 saturated heterocycles. The molecular weight excluding hydrogens is 278 g/mol. The summed E-state index contributed by atoms with van der Waals surface area (Å²) in [5, 5.41) is 25.9. The Morgan fingerprint density at radius 3 is 2.57 bits per heavy atom. The van der Waals surface area contributed by atoms with E-state index in [1.165, 1.54) is 18.2 Å². The standard InChI is InChI=1S/C13H11N3O5/c17-10-4-3-9(11(18)14-10)16-12(19)7-2-1-6(15-21)5-8(7)13(16)20/h1-2,5,9,19-20H,3-4H2,(H,14,17,18). The molecule has 8 heteroatoms. The SMILES string of the molecule is O=Nc1ccc2c(O)n(C3CCC(=O)NC3=O)c(O)c2c1. The Labute approximate surface area is 118 Å². The van der Waals surface area contributed by atoms with Crippen molar-refractivity contribution in [3.05, 3.63) is 23.1 Å². The first-order chi connectivity index (χ1) is 10.0. The average molecular weight is 289 g/mol. The second kappa shape index (κ2) is 4.58. The summed E-state index contributed by atoms with van der Waals surface area (Å²) in [6.07, 6.45) is 0.288. The highest BCUT2D eigenvalue weighted by molar-refractivity contribution is 6.01. The summed E-state index contributed by atoms with van der Waals surface area (Å²) in [7, 11) is 0. The molecule has 0 bridgehead atoms. The summed E-state index contributed by atoms with van der Waals surface area (Å²) in [5.41, 5.74) is 0.0956. The van der Waals surface area contributed by atoms with E-state index >= 15 is 0 Å². The van der Waals surface area contributed by atoms with Gasteiger partial charge in [-0.05, 0) is 29.8 Å². The second-order valence-electron chi connectivity index (χ2n) is 4.81. The van der Waals surface area contributed by atoms with Crippen LogP contribution in [0.25, 0.3) is 10.8 Å². The maximum absolute atomic E-state index is 11.9. The number of hydrogen-bond donors (Lipinski definition) is 3. The van der Waals surface area contributed by atoms with E-state index in [9.17, 15) is 24.7 Å². The van der Waals surface area contributed by atoms with Crippen LogP contribution in [0.5, 0.6) is 11.8 Å². The van der Waals surface area contributed by atoms with Crippen LogP contribution in [0.15, 0.2) is 23.4 Å². The fourth-order valence-corrected chi connectivity index (χ4v) is 2.55. The molecule has 3 rings (SSSR count). The molecule has 8 nitrogen and oxygen atoms in total. The molecule has 2 amide bonds. The van der Waals surface area contributed by atoms with Crippen molar-refractivity contribution in [1.82, 2.24) is 9.88 Å². The second-order valence-corrected chi connectivity index (χ2v) is 4.81. The Morgan fingerprint density at radius 1 is 1.19 bits per heavy atom. The first kappa shape index (κ1) is 13.1. The molecule has 1 aromatic heterocycles. The number of nitroso groups, excluding NO2 is 1. The minimum absolute atomic E-state index is 0.0956. The zero-order valence-corrected chi connectivity index (χ0v) is 10.7. The Kier molecular flexibility index (Phi) is 2.86. The van der Waals surface area contributed by atoms with Gasteiger partial charge < -0.3 is 10.2 Å². The van der Waals surface area contributed by atoms with Crippen LogP contribution in [0, 0.1) is 4.91 Å². The van der Waals surface area contributed by atoms with Gasteiger partial charge >= 0.3 is 0 Å². The third-order valence-corrected chi connectivity index (χ3v) is 3.57. The van der Waals surface area contributed by atoms with E-state index < -0.39 is 11.9 Å². The van der Waals surface area contributed by atoms with E-state index in [2.05, 4.69) is 10.5 Å². The van der Waals surface area contributed by atoms with Gasteiger partial charge in [-0.2, -0.15) is 0 Å². The lowest BCUT2D eigenvalue weighted by Gasteiger charge is -2.23. The maximum atomic E-state index is 11.9. The highest BCUT2D eigenvalue weighted by Gasteiger charge is 2.32. The molecule has 1 aromatic carbocycles. The first-order valence-corrected chi connectivity index (χ1v) is 6.26. The van der Waals surface area contributed by atoms with Crippen molar-refractivity contribution in [3.63, 3.8) is 0 Å². The van der Waals surface area contributed by atoms with Gasteiger partial charge in [-0.15, -0.1) is 4.91 Å². The Bertz CT molecular complexity index is 780. The van der Waals surface area contributed by atoms with Crippen LogP contribution in [0.2, 0.25) is 0 Å². The Hall–Kier alpha value is -2.90. The first-order valence-electron chi connectivity index (χ1n) is 6.26. The molecule has 1 aliphatic rings.